The number of methoxy groups -OCH3 is 1. The molecule has 44 heavy (non-hydrogen) atoms. The number of rotatable bonds is 5. The monoisotopic (exact) mass is 590 g/mol. The molecule has 8 nitrogen and oxygen atoms in total. The predicted molar refractivity (Wildman–Crippen MR) is 164 cm³/mol. The van der Waals surface area contributed by atoms with Gasteiger partial charge in [0.15, 0.2) is 0 Å². The van der Waals surface area contributed by atoms with Crippen LogP contribution in [-0.4, -0.2) is 35.8 Å². The van der Waals surface area contributed by atoms with E-state index in [0.29, 0.717) is 29.1 Å². The number of allylic oxidation sites excluding steroid dienone is 2. The Kier molecular flexibility index (Phi) is 6.50. The van der Waals surface area contributed by atoms with Crippen LogP contribution in [0, 0.1) is 29.1 Å². The van der Waals surface area contributed by atoms with Gasteiger partial charge in [0.2, 0.25) is 23.6 Å². The number of aromatic hydroxyl groups is 1. The van der Waals surface area contributed by atoms with Gasteiger partial charge in [0.25, 0.3) is 0 Å². The summed E-state index contributed by atoms with van der Waals surface area (Å²) in [5.41, 5.74) is 2.50. The fourth-order valence-corrected chi connectivity index (χ4v) is 8.26. The van der Waals surface area contributed by atoms with E-state index in [1.54, 1.807) is 36.4 Å². The number of imide groups is 2. The average Bonchev–Trinajstić information content (AvgIpc) is 3.41. The fraction of sp³-hybridized carbons (Fsp3) is 0.333. The van der Waals surface area contributed by atoms with E-state index >= 15 is 0 Å². The van der Waals surface area contributed by atoms with Gasteiger partial charge >= 0.3 is 0 Å². The number of hydrogen-bond acceptors (Lipinski definition) is 6. The van der Waals surface area contributed by atoms with Gasteiger partial charge in [0.05, 0.1) is 41.7 Å². The van der Waals surface area contributed by atoms with Gasteiger partial charge in [-0.3, -0.25) is 24.1 Å². The Labute approximate surface area is 255 Å². The molecule has 6 atom stereocenters. The van der Waals surface area contributed by atoms with E-state index < -0.39 is 35.0 Å². The third kappa shape index (κ3) is 3.82. The highest BCUT2D eigenvalue weighted by atomic mass is 16.5. The molecular weight excluding hydrogens is 556 g/mol. The van der Waals surface area contributed by atoms with Gasteiger partial charge in [-0.1, -0.05) is 55.0 Å². The van der Waals surface area contributed by atoms with Gasteiger partial charge in [-0.25, -0.2) is 4.90 Å². The van der Waals surface area contributed by atoms with Crippen molar-refractivity contribution in [3.63, 3.8) is 0 Å². The molecule has 3 aromatic rings. The molecule has 2 saturated heterocycles. The van der Waals surface area contributed by atoms with Crippen LogP contribution in [0.5, 0.6) is 11.5 Å². The fourth-order valence-electron chi connectivity index (χ4n) is 8.26. The van der Waals surface area contributed by atoms with Crippen LogP contribution in [0.2, 0.25) is 0 Å². The van der Waals surface area contributed by atoms with Crippen molar-refractivity contribution >= 4 is 35.0 Å². The molecule has 224 valence electrons. The van der Waals surface area contributed by atoms with E-state index in [1.165, 1.54) is 23.0 Å². The minimum atomic E-state index is -1.19. The standard InChI is InChI=1S/C36H34N2O6/c1-4-20-10-12-22(13-11-20)37-32(40)26-17-16-24-27(30(26)34(37)42)19-28-33(41)38(21-8-6-5-7-9-21)35(43)36(28,2)31(24)25-15-14-23(39)18-29(25)44-3/h5-16,18,26-28,30-31,39H,4,17,19H2,1-3H3/t26-,27+,28-,30-,31+,36+/m0/s1. The number of para-hydroxylation sites is 1. The quantitative estimate of drug-likeness (QED) is 0.315. The van der Waals surface area contributed by atoms with Crippen molar-refractivity contribution in [2.45, 2.75) is 39.0 Å². The molecular formula is C36H34N2O6. The molecule has 2 aliphatic heterocycles. The number of amides is 4. The second-order valence-corrected chi connectivity index (χ2v) is 12.5. The SMILES string of the molecule is CCc1ccc(N2C(=O)[C@H]3[C@H](CC=C4[C@H]3C[C@H]3C(=O)N(c5ccccc5)C(=O)[C@@]3(C)[C@H]4c3ccc(O)cc3OC)C2=O)cc1. The van der Waals surface area contributed by atoms with Crippen molar-refractivity contribution in [2.24, 2.45) is 29.1 Å². The van der Waals surface area contributed by atoms with Crippen LogP contribution in [0.4, 0.5) is 11.4 Å². The van der Waals surface area contributed by atoms with Crippen molar-refractivity contribution in [3.8, 4) is 11.5 Å². The molecule has 0 bridgehead atoms. The molecule has 8 heteroatoms. The summed E-state index contributed by atoms with van der Waals surface area (Å²) in [6, 6.07) is 21.2. The second kappa shape index (κ2) is 10.2. The summed E-state index contributed by atoms with van der Waals surface area (Å²) in [4.78, 5) is 59.4. The minimum absolute atomic E-state index is 0.0124. The summed E-state index contributed by atoms with van der Waals surface area (Å²) in [5, 5.41) is 10.3. The zero-order chi connectivity index (χ0) is 30.9. The number of hydrogen-bond donors (Lipinski definition) is 1. The smallest absolute Gasteiger partial charge is 0.241 e. The lowest BCUT2D eigenvalue weighted by Gasteiger charge is -2.49. The topological polar surface area (TPSA) is 104 Å². The first-order chi connectivity index (χ1) is 21.2. The van der Waals surface area contributed by atoms with Gasteiger partial charge < -0.3 is 9.84 Å². The molecule has 0 spiro atoms. The van der Waals surface area contributed by atoms with E-state index in [4.69, 9.17) is 4.74 Å². The van der Waals surface area contributed by atoms with Crippen molar-refractivity contribution < 1.29 is 29.0 Å². The van der Waals surface area contributed by atoms with Crippen molar-refractivity contribution in [1.29, 1.82) is 0 Å². The summed E-state index contributed by atoms with van der Waals surface area (Å²) >= 11 is 0. The first-order valence-electron chi connectivity index (χ1n) is 15.2. The lowest BCUT2D eigenvalue weighted by molar-refractivity contribution is -0.131. The highest BCUT2D eigenvalue weighted by molar-refractivity contribution is 6.25. The van der Waals surface area contributed by atoms with E-state index in [2.05, 4.69) is 0 Å². The maximum absolute atomic E-state index is 14.5. The highest BCUT2D eigenvalue weighted by Gasteiger charge is 2.68. The van der Waals surface area contributed by atoms with Crippen LogP contribution in [0.25, 0.3) is 0 Å². The second-order valence-electron chi connectivity index (χ2n) is 12.5. The predicted octanol–water partition coefficient (Wildman–Crippen LogP) is 5.40. The molecule has 3 aromatic carbocycles. The molecule has 0 unspecified atom stereocenters. The number of aryl methyl sites for hydroxylation is 1. The molecule has 0 aromatic heterocycles. The molecule has 2 heterocycles. The van der Waals surface area contributed by atoms with Gasteiger partial charge in [0, 0.05) is 17.5 Å². The van der Waals surface area contributed by atoms with E-state index in [0.717, 1.165) is 17.6 Å². The Hall–Kier alpha value is -4.72. The van der Waals surface area contributed by atoms with Crippen molar-refractivity contribution in [3.05, 3.63) is 95.6 Å². The van der Waals surface area contributed by atoms with Gasteiger partial charge in [-0.15, -0.1) is 0 Å². The Morgan fingerprint density at radius 1 is 0.864 bits per heavy atom. The van der Waals surface area contributed by atoms with E-state index in [9.17, 15) is 24.3 Å². The van der Waals surface area contributed by atoms with E-state index in [1.807, 2.05) is 50.3 Å². The minimum Gasteiger partial charge on any atom is -0.508 e. The number of carbonyl (C=O) groups excluding carboxylic acids is 4. The third-order valence-corrected chi connectivity index (χ3v) is 10.4. The van der Waals surface area contributed by atoms with Gasteiger partial charge in [-0.2, -0.15) is 0 Å². The summed E-state index contributed by atoms with van der Waals surface area (Å²) in [6.45, 7) is 3.89. The first-order valence-corrected chi connectivity index (χ1v) is 15.2. The van der Waals surface area contributed by atoms with Crippen LogP contribution >= 0.6 is 0 Å². The Bertz CT molecular complexity index is 1730. The number of ether oxygens (including phenoxy) is 1. The normalized spacial score (nSPS) is 29.3. The van der Waals surface area contributed by atoms with Crippen LogP contribution in [0.15, 0.2) is 84.4 Å². The molecule has 2 aliphatic carbocycles. The molecule has 3 fully saturated rings. The number of fused-ring (bicyclic) bond motifs is 4. The molecule has 1 N–H and O–H groups in total. The molecule has 4 amide bonds. The number of nitrogens with zero attached hydrogens (tertiary/aromatic N) is 2. The van der Waals surface area contributed by atoms with E-state index in [-0.39, 0.29) is 35.8 Å². The van der Waals surface area contributed by atoms with Crippen LogP contribution < -0.4 is 14.5 Å². The summed E-state index contributed by atoms with van der Waals surface area (Å²) < 4.78 is 5.72. The summed E-state index contributed by atoms with van der Waals surface area (Å²) in [6.07, 6.45) is 3.49. The molecule has 7 rings (SSSR count). The van der Waals surface area contributed by atoms with Crippen molar-refractivity contribution in [2.75, 3.05) is 16.9 Å². The van der Waals surface area contributed by atoms with Crippen molar-refractivity contribution in [1.82, 2.24) is 0 Å². The zero-order valence-electron chi connectivity index (χ0n) is 24.9. The molecule has 0 radical (unpaired) electrons. The van der Waals surface area contributed by atoms with Gasteiger partial charge in [0.1, 0.15) is 11.5 Å². The Morgan fingerprint density at radius 3 is 2.25 bits per heavy atom. The third-order valence-electron chi connectivity index (χ3n) is 10.4. The summed E-state index contributed by atoms with van der Waals surface area (Å²) in [5.74, 6) is -3.70. The van der Waals surface area contributed by atoms with Gasteiger partial charge in [-0.05, 0) is 68.0 Å². The largest absolute Gasteiger partial charge is 0.508 e. The zero-order valence-corrected chi connectivity index (χ0v) is 24.9. The first kappa shape index (κ1) is 28.1. The number of benzene rings is 3. The van der Waals surface area contributed by atoms with Crippen LogP contribution in [0.3, 0.4) is 0 Å². The highest BCUT2D eigenvalue weighted by Crippen LogP contribution is 2.64. The molecule has 4 aliphatic rings. The summed E-state index contributed by atoms with van der Waals surface area (Å²) in [7, 11) is 1.50. The number of anilines is 2. The Balaban J connectivity index is 1.37. The molecule has 1 saturated carbocycles. The average molecular weight is 591 g/mol. The number of phenolic OH excluding ortho intramolecular Hbond substituents is 1. The maximum Gasteiger partial charge on any atom is 0.241 e. The number of phenols is 1. The lowest BCUT2D eigenvalue weighted by Crippen LogP contribution is -2.49. The number of carbonyl (C=O) groups is 4. The lowest BCUT2D eigenvalue weighted by atomic mass is 9.51. The maximum atomic E-state index is 14.5. The van der Waals surface area contributed by atoms with Crippen LogP contribution in [-0.2, 0) is 25.6 Å². The Morgan fingerprint density at radius 2 is 1.57 bits per heavy atom. The van der Waals surface area contributed by atoms with Crippen LogP contribution in [0.1, 0.15) is 43.7 Å².